The van der Waals surface area contributed by atoms with Crippen LogP contribution in [0.15, 0.2) is 0 Å². The lowest BCUT2D eigenvalue weighted by molar-refractivity contribution is 0.182. The maximum atomic E-state index is 9.20. The van der Waals surface area contributed by atoms with Crippen molar-refractivity contribution >= 4 is 0 Å². The number of nitrogens with zero attached hydrogens (tertiary/aromatic N) is 2. The molecule has 3 heterocycles. The van der Waals surface area contributed by atoms with Crippen LogP contribution in [0.4, 0.5) is 0 Å². The zero-order valence-electron chi connectivity index (χ0n) is 10.1. The molecule has 1 N–H and O–H groups in total. The quantitative estimate of drug-likeness (QED) is 0.756. The molecule has 3 saturated heterocycles. The minimum Gasteiger partial charge on any atom is -0.396 e. The van der Waals surface area contributed by atoms with Gasteiger partial charge >= 0.3 is 0 Å². The highest BCUT2D eigenvalue weighted by atomic mass is 16.3. The average Bonchev–Trinajstić information content (AvgIpc) is 2.95. The largest absolute Gasteiger partial charge is 0.396 e. The van der Waals surface area contributed by atoms with Crippen LogP contribution in [0, 0.1) is 5.92 Å². The van der Waals surface area contributed by atoms with Crippen molar-refractivity contribution < 1.29 is 5.11 Å². The van der Waals surface area contributed by atoms with Gasteiger partial charge in [-0.15, -0.1) is 0 Å². The van der Waals surface area contributed by atoms with Crippen molar-refractivity contribution in [2.75, 3.05) is 32.8 Å². The lowest BCUT2D eigenvalue weighted by Crippen LogP contribution is -2.37. The first-order valence-corrected chi connectivity index (χ1v) is 6.96. The molecule has 0 aliphatic carbocycles. The van der Waals surface area contributed by atoms with Crippen LogP contribution in [0.3, 0.4) is 0 Å². The third-order valence-electron chi connectivity index (χ3n) is 4.83. The number of piperidine rings is 1. The van der Waals surface area contributed by atoms with Gasteiger partial charge in [0.2, 0.25) is 0 Å². The fraction of sp³-hybridized carbons (Fsp3) is 1.00. The van der Waals surface area contributed by atoms with Crippen LogP contribution in [0.2, 0.25) is 0 Å². The predicted octanol–water partition coefficient (Wildman–Crippen LogP) is 0.927. The monoisotopic (exact) mass is 224 g/mol. The summed E-state index contributed by atoms with van der Waals surface area (Å²) in [7, 11) is 0. The maximum absolute atomic E-state index is 9.20. The maximum Gasteiger partial charge on any atom is 0.0471 e. The second kappa shape index (κ2) is 4.63. The molecule has 3 unspecified atom stereocenters. The lowest BCUT2D eigenvalue weighted by Gasteiger charge is -2.28. The molecule has 3 heteroatoms. The molecular formula is C13H24N2O. The van der Waals surface area contributed by atoms with E-state index in [1.807, 2.05) is 0 Å². The number of fused-ring (bicyclic) bond motifs is 1. The Kier molecular flexibility index (Phi) is 3.18. The van der Waals surface area contributed by atoms with Gasteiger partial charge in [-0.25, -0.2) is 0 Å². The van der Waals surface area contributed by atoms with Crippen molar-refractivity contribution in [2.45, 2.75) is 44.2 Å². The van der Waals surface area contributed by atoms with Gasteiger partial charge in [-0.05, 0) is 44.7 Å². The Labute approximate surface area is 98.4 Å². The Morgan fingerprint density at radius 2 is 1.81 bits per heavy atom. The van der Waals surface area contributed by atoms with Gasteiger partial charge in [0.25, 0.3) is 0 Å². The van der Waals surface area contributed by atoms with Crippen molar-refractivity contribution in [1.29, 1.82) is 0 Å². The summed E-state index contributed by atoms with van der Waals surface area (Å²) in [6.07, 6.45) is 6.86. The molecule has 0 saturated carbocycles. The topological polar surface area (TPSA) is 26.7 Å². The molecule has 3 atom stereocenters. The van der Waals surface area contributed by atoms with E-state index in [9.17, 15) is 5.11 Å². The highest BCUT2D eigenvalue weighted by Crippen LogP contribution is 2.31. The van der Waals surface area contributed by atoms with E-state index in [1.54, 1.807) is 0 Å². The van der Waals surface area contributed by atoms with Gasteiger partial charge in [-0.1, -0.05) is 6.42 Å². The molecule has 3 rings (SSSR count). The molecule has 16 heavy (non-hydrogen) atoms. The number of hydrogen-bond acceptors (Lipinski definition) is 3. The summed E-state index contributed by atoms with van der Waals surface area (Å²) < 4.78 is 0. The van der Waals surface area contributed by atoms with Crippen molar-refractivity contribution in [3.63, 3.8) is 0 Å². The molecule has 0 aromatic carbocycles. The van der Waals surface area contributed by atoms with E-state index in [-0.39, 0.29) is 0 Å². The summed E-state index contributed by atoms with van der Waals surface area (Å²) >= 11 is 0. The van der Waals surface area contributed by atoms with E-state index in [2.05, 4.69) is 9.80 Å². The molecule has 0 aromatic heterocycles. The molecule has 0 bridgehead atoms. The number of rotatable bonds is 2. The molecule has 3 aliphatic heterocycles. The van der Waals surface area contributed by atoms with Crippen LogP contribution in [0.1, 0.15) is 32.1 Å². The van der Waals surface area contributed by atoms with Crippen molar-refractivity contribution in [3.05, 3.63) is 0 Å². The van der Waals surface area contributed by atoms with Crippen LogP contribution in [-0.4, -0.2) is 59.8 Å². The molecular weight excluding hydrogens is 200 g/mol. The highest BCUT2D eigenvalue weighted by Gasteiger charge is 2.38. The minimum absolute atomic E-state index is 0.385. The zero-order chi connectivity index (χ0) is 11.0. The minimum atomic E-state index is 0.385. The van der Waals surface area contributed by atoms with Crippen LogP contribution < -0.4 is 0 Å². The van der Waals surface area contributed by atoms with Gasteiger partial charge in [0, 0.05) is 31.8 Å². The third-order valence-corrected chi connectivity index (χ3v) is 4.83. The fourth-order valence-corrected chi connectivity index (χ4v) is 3.83. The number of aliphatic hydroxyl groups is 1. The second-order valence-electron chi connectivity index (χ2n) is 5.87. The molecule has 3 nitrogen and oxygen atoms in total. The summed E-state index contributed by atoms with van der Waals surface area (Å²) in [5.74, 6) is 0.553. The summed E-state index contributed by atoms with van der Waals surface area (Å²) in [6.45, 7) is 5.37. The molecule has 0 radical (unpaired) electrons. The van der Waals surface area contributed by atoms with Gasteiger partial charge in [-0.3, -0.25) is 9.80 Å². The Balaban J connectivity index is 1.57. The van der Waals surface area contributed by atoms with Gasteiger partial charge in [0.05, 0.1) is 0 Å². The van der Waals surface area contributed by atoms with Crippen molar-refractivity contribution in [1.82, 2.24) is 9.80 Å². The SMILES string of the molecule is OCC1CCN(C2CC3CCCCN3C2)C1. The van der Waals surface area contributed by atoms with E-state index in [1.165, 1.54) is 51.7 Å². The average molecular weight is 224 g/mol. The fourth-order valence-electron chi connectivity index (χ4n) is 3.83. The predicted molar refractivity (Wildman–Crippen MR) is 64.4 cm³/mol. The molecule has 3 aliphatic rings. The first kappa shape index (κ1) is 11.0. The van der Waals surface area contributed by atoms with Gasteiger partial charge < -0.3 is 5.11 Å². The Bertz CT molecular complexity index is 232. The van der Waals surface area contributed by atoms with Crippen LogP contribution >= 0.6 is 0 Å². The number of aliphatic hydroxyl groups excluding tert-OH is 1. The van der Waals surface area contributed by atoms with E-state index in [0.29, 0.717) is 12.5 Å². The van der Waals surface area contributed by atoms with E-state index < -0.39 is 0 Å². The van der Waals surface area contributed by atoms with E-state index in [0.717, 1.165) is 18.6 Å². The second-order valence-corrected chi connectivity index (χ2v) is 5.87. The molecule has 0 amide bonds. The van der Waals surface area contributed by atoms with Crippen LogP contribution in [-0.2, 0) is 0 Å². The Hall–Kier alpha value is -0.120. The number of hydrogen-bond donors (Lipinski definition) is 1. The summed E-state index contributed by atoms with van der Waals surface area (Å²) in [4.78, 5) is 5.35. The highest BCUT2D eigenvalue weighted by molar-refractivity contribution is 4.94. The van der Waals surface area contributed by atoms with E-state index in [4.69, 9.17) is 0 Å². The molecule has 3 fully saturated rings. The van der Waals surface area contributed by atoms with Crippen molar-refractivity contribution in [2.24, 2.45) is 5.92 Å². The summed E-state index contributed by atoms with van der Waals surface area (Å²) in [6, 6.07) is 1.67. The Morgan fingerprint density at radius 1 is 0.938 bits per heavy atom. The lowest BCUT2D eigenvalue weighted by atomic mass is 10.0. The normalized spacial score (nSPS) is 41.4. The first-order valence-electron chi connectivity index (χ1n) is 6.96. The van der Waals surface area contributed by atoms with Crippen LogP contribution in [0.25, 0.3) is 0 Å². The summed E-state index contributed by atoms with van der Waals surface area (Å²) in [5, 5.41) is 9.20. The van der Waals surface area contributed by atoms with Crippen LogP contribution in [0.5, 0.6) is 0 Å². The summed E-state index contributed by atoms with van der Waals surface area (Å²) in [5.41, 5.74) is 0. The van der Waals surface area contributed by atoms with E-state index >= 15 is 0 Å². The standard InChI is InChI=1S/C13H24N2O/c16-10-11-4-6-15(8-11)13-7-12-3-1-2-5-14(12)9-13/h11-13,16H,1-10H2. The zero-order valence-corrected chi connectivity index (χ0v) is 10.1. The van der Waals surface area contributed by atoms with Crippen molar-refractivity contribution in [3.8, 4) is 0 Å². The van der Waals surface area contributed by atoms with Gasteiger partial charge in [0.15, 0.2) is 0 Å². The Morgan fingerprint density at radius 3 is 2.56 bits per heavy atom. The molecule has 0 aromatic rings. The van der Waals surface area contributed by atoms with Gasteiger partial charge in [-0.2, -0.15) is 0 Å². The molecule has 92 valence electrons. The molecule has 0 spiro atoms. The smallest absolute Gasteiger partial charge is 0.0471 e. The first-order chi connectivity index (χ1) is 7.86. The number of likely N-dealkylation sites (tertiary alicyclic amines) is 1. The third kappa shape index (κ3) is 2.01. The van der Waals surface area contributed by atoms with Gasteiger partial charge in [0.1, 0.15) is 0 Å².